The highest BCUT2D eigenvalue weighted by atomic mass is 35.5. The lowest BCUT2D eigenvalue weighted by Gasteiger charge is -2.20. The molecule has 0 unspecified atom stereocenters. The van der Waals surface area contributed by atoms with Crippen molar-refractivity contribution in [2.75, 3.05) is 0 Å². The largest absolute Gasteiger partial charge is 0.314 e. The highest BCUT2D eigenvalue weighted by molar-refractivity contribution is 6.36. The van der Waals surface area contributed by atoms with E-state index in [-0.39, 0.29) is 0 Å². The van der Waals surface area contributed by atoms with Gasteiger partial charge in [-0.15, -0.1) is 0 Å². The summed E-state index contributed by atoms with van der Waals surface area (Å²) in [6.45, 7) is 5.07. The molecule has 2 radical (unpaired) electrons. The van der Waals surface area contributed by atoms with E-state index in [0.717, 1.165) is 47.0 Å². The minimum atomic E-state index is 0.587. The molecule has 1 aromatic heterocycles. The van der Waals surface area contributed by atoms with E-state index in [1.165, 1.54) is 5.56 Å². The average Bonchev–Trinajstić information content (AvgIpc) is 2.63. The molecule has 1 aliphatic heterocycles. The summed E-state index contributed by atoms with van der Waals surface area (Å²) in [5.41, 5.74) is 6.61. The van der Waals surface area contributed by atoms with Gasteiger partial charge in [0.2, 0.25) is 5.28 Å². The molecule has 0 aliphatic carbocycles. The number of rotatable bonds is 0. The number of hydrogen-bond donors (Lipinski definition) is 0. The van der Waals surface area contributed by atoms with Crippen LogP contribution < -0.4 is 5.46 Å². The first kappa shape index (κ1) is 10.2. The first-order valence-corrected chi connectivity index (χ1v) is 5.92. The number of halogens is 1. The van der Waals surface area contributed by atoms with E-state index in [0.29, 0.717) is 5.28 Å². The van der Waals surface area contributed by atoms with Crippen molar-refractivity contribution in [1.82, 2.24) is 9.55 Å². The zero-order valence-corrected chi connectivity index (χ0v) is 10.2. The van der Waals surface area contributed by atoms with Crippen LogP contribution in [0.4, 0.5) is 0 Å². The summed E-state index contributed by atoms with van der Waals surface area (Å²) < 4.78 is 2.08. The van der Waals surface area contributed by atoms with E-state index in [4.69, 9.17) is 19.4 Å². The van der Waals surface area contributed by atoms with Crippen LogP contribution >= 0.6 is 11.6 Å². The zero-order valence-electron chi connectivity index (χ0n) is 9.47. The van der Waals surface area contributed by atoms with Gasteiger partial charge in [0.15, 0.2) is 0 Å². The van der Waals surface area contributed by atoms with Crippen LogP contribution in [0.3, 0.4) is 0 Å². The van der Waals surface area contributed by atoms with Gasteiger partial charge in [-0.25, -0.2) is 4.98 Å². The van der Waals surface area contributed by atoms with Gasteiger partial charge >= 0.3 is 0 Å². The standard InChI is InChI=1S/C12H12BClN2/c1-6-7(2)10-11-8(9(6)13)4-3-5-16(11)12(14)15-10/h3-5H2,1-2H3. The third kappa shape index (κ3) is 1.12. The summed E-state index contributed by atoms with van der Waals surface area (Å²) in [7, 11) is 6.19. The Balaban J connectivity index is 2.57. The molecule has 0 spiro atoms. The van der Waals surface area contributed by atoms with E-state index in [1.54, 1.807) is 0 Å². The van der Waals surface area contributed by atoms with Crippen LogP contribution in [-0.4, -0.2) is 17.4 Å². The van der Waals surface area contributed by atoms with Gasteiger partial charge in [-0.3, -0.25) is 0 Å². The van der Waals surface area contributed by atoms with Gasteiger partial charge in [-0.2, -0.15) is 0 Å². The van der Waals surface area contributed by atoms with Crippen molar-refractivity contribution >= 4 is 35.9 Å². The first-order valence-electron chi connectivity index (χ1n) is 5.54. The van der Waals surface area contributed by atoms with Crippen LogP contribution in [0.1, 0.15) is 23.1 Å². The molecular weight excluding hydrogens is 218 g/mol. The summed E-state index contributed by atoms with van der Waals surface area (Å²) in [6, 6.07) is 0. The Kier molecular flexibility index (Phi) is 2.09. The van der Waals surface area contributed by atoms with Crippen LogP contribution in [0.15, 0.2) is 0 Å². The molecule has 4 heteroatoms. The van der Waals surface area contributed by atoms with Gasteiger partial charge in [0.1, 0.15) is 7.85 Å². The molecular formula is C12H12BClN2. The van der Waals surface area contributed by atoms with Gasteiger partial charge in [0.05, 0.1) is 11.0 Å². The van der Waals surface area contributed by atoms with Crippen LogP contribution in [0.25, 0.3) is 11.0 Å². The van der Waals surface area contributed by atoms with Gasteiger partial charge < -0.3 is 4.57 Å². The molecule has 0 bridgehead atoms. The Hall–Kier alpha value is -0.955. The molecule has 1 aliphatic rings. The molecule has 0 saturated carbocycles. The van der Waals surface area contributed by atoms with E-state index in [9.17, 15) is 0 Å². The number of nitrogens with zero attached hydrogens (tertiary/aromatic N) is 2. The minimum absolute atomic E-state index is 0.587. The number of imidazole rings is 1. The molecule has 3 rings (SSSR count). The minimum Gasteiger partial charge on any atom is -0.314 e. The zero-order chi connectivity index (χ0) is 11.4. The predicted octanol–water partition coefficient (Wildman–Crippen LogP) is 2.05. The smallest absolute Gasteiger partial charge is 0.203 e. The Bertz CT molecular complexity index is 601. The summed E-state index contributed by atoms with van der Waals surface area (Å²) in [5, 5.41) is 0.587. The summed E-state index contributed by atoms with van der Waals surface area (Å²) >= 11 is 6.16. The molecule has 2 heterocycles. The summed E-state index contributed by atoms with van der Waals surface area (Å²) in [6.07, 6.45) is 2.12. The maximum Gasteiger partial charge on any atom is 0.203 e. The second-order valence-electron chi connectivity index (χ2n) is 4.48. The van der Waals surface area contributed by atoms with Crippen molar-refractivity contribution in [3.63, 3.8) is 0 Å². The second-order valence-corrected chi connectivity index (χ2v) is 4.81. The molecule has 0 N–H and O–H groups in total. The Morgan fingerprint density at radius 1 is 1.31 bits per heavy atom. The molecule has 1 aromatic carbocycles. The predicted molar refractivity (Wildman–Crippen MR) is 67.9 cm³/mol. The fraction of sp³-hybridized carbons (Fsp3) is 0.417. The van der Waals surface area contributed by atoms with E-state index < -0.39 is 0 Å². The average molecular weight is 231 g/mol. The van der Waals surface area contributed by atoms with Crippen molar-refractivity contribution in [3.05, 3.63) is 22.0 Å². The van der Waals surface area contributed by atoms with E-state index >= 15 is 0 Å². The molecule has 0 saturated heterocycles. The maximum atomic E-state index is 6.19. The van der Waals surface area contributed by atoms with Crippen molar-refractivity contribution in [2.45, 2.75) is 33.2 Å². The van der Waals surface area contributed by atoms with Crippen LogP contribution in [0.2, 0.25) is 5.28 Å². The quantitative estimate of drug-likeness (QED) is 0.634. The first-order chi connectivity index (χ1) is 7.61. The van der Waals surface area contributed by atoms with Crippen LogP contribution in [0, 0.1) is 13.8 Å². The third-order valence-corrected chi connectivity index (χ3v) is 3.95. The van der Waals surface area contributed by atoms with Crippen LogP contribution in [-0.2, 0) is 13.0 Å². The van der Waals surface area contributed by atoms with Gasteiger partial charge in [0.25, 0.3) is 0 Å². The topological polar surface area (TPSA) is 17.8 Å². The summed E-state index contributed by atoms with van der Waals surface area (Å²) in [4.78, 5) is 4.46. The van der Waals surface area contributed by atoms with Crippen molar-refractivity contribution in [2.24, 2.45) is 0 Å². The van der Waals surface area contributed by atoms with Gasteiger partial charge in [0, 0.05) is 6.54 Å². The molecule has 0 atom stereocenters. The van der Waals surface area contributed by atoms with Crippen LogP contribution in [0.5, 0.6) is 0 Å². The second kappa shape index (κ2) is 3.27. The van der Waals surface area contributed by atoms with E-state index in [2.05, 4.69) is 23.4 Å². The molecule has 2 nitrogen and oxygen atoms in total. The fourth-order valence-electron chi connectivity index (χ4n) is 2.60. The van der Waals surface area contributed by atoms with Gasteiger partial charge in [-0.05, 0) is 49.4 Å². The summed E-state index contributed by atoms with van der Waals surface area (Å²) in [5.74, 6) is 0. The van der Waals surface area contributed by atoms with Gasteiger partial charge in [-0.1, -0.05) is 11.0 Å². The molecule has 2 aromatic rings. The number of aromatic nitrogens is 2. The lowest BCUT2D eigenvalue weighted by molar-refractivity contribution is 0.634. The lowest BCUT2D eigenvalue weighted by atomic mass is 9.81. The number of benzene rings is 1. The Morgan fingerprint density at radius 3 is 2.81 bits per heavy atom. The number of aryl methyl sites for hydroxylation is 3. The molecule has 0 fully saturated rings. The highest BCUT2D eigenvalue weighted by Crippen LogP contribution is 2.30. The van der Waals surface area contributed by atoms with Crippen molar-refractivity contribution in [3.8, 4) is 0 Å². The molecule has 16 heavy (non-hydrogen) atoms. The Labute approximate surface area is 101 Å². The van der Waals surface area contributed by atoms with E-state index in [1.807, 2.05) is 0 Å². The normalized spacial score (nSPS) is 14.7. The number of hydrogen-bond acceptors (Lipinski definition) is 1. The third-order valence-electron chi connectivity index (χ3n) is 3.66. The molecule has 80 valence electrons. The molecule has 0 amide bonds. The fourth-order valence-corrected chi connectivity index (χ4v) is 2.85. The Morgan fingerprint density at radius 2 is 2.06 bits per heavy atom. The maximum absolute atomic E-state index is 6.19. The lowest BCUT2D eigenvalue weighted by Crippen LogP contribution is -2.21. The van der Waals surface area contributed by atoms with Crippen molar-refractivity contribution in [1.29, 1.82) is 0 Å². The highest BCUT2D eigenvalue weighted by Gasteiger charge is 2.21. The SMILES string of the molecule is [B]c1c(C)c(C)c2nc(Cl)n3c2c1CCC3. The monoisotopic (exact) mass is 230 g/mol. The van der Waals surface area contributed by atoms with Crippen molar-refractivity contribution < 1.29 is 0 Å².